The number of carbonyl (C=O) groups is 1. The van der Waals surface area contributed by atoms with Gasteiger partial charge in [-0.05, 0) is 13.0 Å². The normalized spacial score (nSPS) is 10.9. The number of nitro groups is 1. The first-order valence-electron chi connectivity index (χ1n) is 7.80. The summed E-state index contributed by atoms with van der Waals surface area (Å²) in [5, 5.41) is 21.8. The summed E-state index contributed by atoms with van der Waals surface area (Å²) in [6.45, 7) is 2.85. The summed E-state index contributed by atoms with van der Waals surface area (Å²) in [5.41, 5.74) is 1.64. The van der Waals surface area contributed by atoms with E-state index in [0.717, 1.165) is 16.1 Å². The number of hydrogen-bond donors (Lipinski definition) is 1. The minimum atomic E-state index is -0.441. The Morgan fingerprint density at radius 1 is 1.44 bits per heavy atom. The Morgan fingerprint density at radius 2 is 2.28 bits per heavy atom. The first-order valence-corrected chi connectivity index (χ1v) is 8.68. The van der Waals surface area contributed by atoms with E-state index in [0.29, 0.717) is 25.0 Å². The fourth-order valence-corrected chi connectivity index (χ4v) is 3.15. The number of amides is 1. The number of non-ortho nitro benzene ring substituents is 1. The number of benzene rings is 1. The number of rotatable bonds is 7. The minimum absolute atomic E-state index is 0.0113. The molecule has 0 fully saturated rings. The van der Waals surface area contributed by atoms with Crippen molar-refractivity contribution in [3.8, 4) is 0 Å². The molecule has 2 aromatic heterocycles. The van der Waals surface area contributed by atoms with Crippen LogP contribution >= 0.6 is 11.3 Å². The standard InChI is InChI=1S/C16H17N5O3S/c1-11-19-13(10-25-11)4-6-17-16(22)5-7-20-15-8-14(21(23)24)3-2-12(15)9-18-20/h2-3,8-10H,4-7H2,1H3,(H,17,22). The molecule has 8 nitrogen and oxygen atoms in total. The lowest BCUT2D eigenvalue weighted by Gasteiger charge is -2.05. The number of hydrogen-bond acceptors (Lipinski definition) is 6. The second kappa shape index (κ2) is 7.39. The third kappa shape index (κ3) is 4.18. The second-order valence-electron chi connectivity index (χ2n) is 5.58. The zero-order chi connectivity index (χ0) is 17.8. The third-order valence-electron chi connectivity index (χ3n) is 3.76. The van der Waals surface area contributed by atoms with E-state index in [1.165, 1.54) is 12.1 Å². The first kappa shape index (κ1) is 17.0. The Hall–Kier alpha value is -2.81. The molecule has 1 N–H and O–H groups in total. The lowest BCUT2D eigenvalue weighted by molar-refractivity contribution is -0.384. The average Bonchev–Trinajstić information content (AvgIpc) is 3.18. The van der Waals surface area contributed by atoms with Crippen LogP contribution in [0, 0.1) is 17.0 Å². The smallest absolute Gasteiger partial charge is 0.271 e. The molecule has 0 saturated heterocycles. The maximum absolute atomic E-state index is 12.0. The molecule has 0 spiro atoms. The quantitative estimate of drug-likeness (QED) is 0.515. The van der Waals surface area contributed by atoms with Crippen molar-refractivity contribution >= 4 is 33.8 Å². The molecule has 0 saturated carbocycles. The van der Waals surface area contributed by atoms with Gasteiger partial charge in [-0.15, -0.1) is 11.3 Å². The molecular formula is C16H17N5O3S. The Bertz CT molecular complexity index is 918. The van der Waals surface area contributed by atoms with Crippen molar-refractivity contribution in [2.24, 2.45) is 0 Å². The van der Waals surface area contributed by atoms with Crippen LogP contribution in [0.3, 0.4) is 0 Å². The fourth-order valence-electron chi connectivity index (χ4n) is 2.50. The lowest BCUT2D eigenvalue weighted by atomic mass is 10.2. The maximum atomic E-state index is 12.0. The summed E-state index contributed by atoms with van der Waals surface area (Å²) in [6.07, 6.45) is 2.60. The van der Waals surface area contributed by atoms with Gasteiger partial charge in [0.05, 0.1) is 33.9 Å². The van der Waals surface area contributed by atoms with Crippen LogP contribution in [-0.2, 0) is 17.8 Å². The number of nitro benzene ring substituents is 1. The summed E-state index contributed by atoms with van der Waals surface area (Å²) in [4.78, 5) is 26.8. The number of aryl methyl sites for hydroxylation is 2. The predicted molar refractivity (Wildman–Crippen MR) is 94.6 cm³/mol. The maximum Gasteiger partial charge on any atom is 0.271 e. The van der Waals surface area contributed by atoms with E-state index < -0.39 is 4.92 Å². The van der Waals surface area contributed by atoms with Crippen LogP contribution in [-0.4, -0.2) is 32.1 Å². The van der Waals surface area contributed by atoms with Gasteiger partial charge in [-0.2, -0.15) is 5.10 Å². The number of thiazole rings is 1. The monoisotopic (exact) mass is 359 g/mol. The van der Waals surface area contributed by atoms with Crippen LogP contribution < -0.4 is 5.32 Å². The van der Waals surface area contributed by atoms with Crippen LogP contribution in [0.2, 0.25) is 0 Å². The molecule has 1 aromatic carbocycles. The van der Waals surface area contributed by atoms with Crippen LogP contribution in [0.5, 0.6) is 0 Å². The number of nitrogens with one attached hydrogen (secondary N) is 1. The molecule has 0 atom stereocenters. The lowest BCUT2D eigenvalue weighted by Crippen LogP contribution is -2.26. The molecule has 0 unspecified atom stereocenters. The van der Waals surface area contributed by atoms with E-state index >= 15 is 0 Å². The van der Waals surface area contributed by atoms with Gasteiger partial charge in [0.15, 0.2) is 0 Å². The first-order chi connectivity index (χ1) is 12.0. The highest BCUT2D eigenvalue weighted by Gasteiger charge is 2.11. The Kier molecular flexibility index (Phi) is 5.03. The highest BCUT2D eigenvalue weighted by molar-refractivity contribution is 7.09. The summed E-state index contributed by atoms with van der Waals surface area (Å²) < 4.78 is 1.62. The van der Waals surface area contributed by atoms with Crippen molar-refractivity contribution in [3.05, 3.63) is 50.6 Å². The molecule has 0 bridgehead atoms. The zero-order valence-electron chi connectivity index (χ0n) is 13.6. The molecule has 25 heavy (non-hydrogen) atoms. The number of carbonyl (C=O) groups excluding carboxylic acids is 1. The number of fused-ring (bicyclic) bond motifs is 1. The molecule has 0 aliphatic heterocycles. The summed E-state index contributed by atoms with van der Waals surface area (Å²) in [5.74, 6) is -0.0824. The van der Waals surface area contributed by atoms with Gasteiger partial charge in [0.1, 0.15) is 0 Å². The van der Waals surface area contributed by atoms with Crippen molar-refractivity contribution in [1.82, 2.24) is 20.1 Å². The number of aromatic nitrogens is 3. The molecule has 1 amide bonds. The Labute approximate surface area is 147 Å². The van der Waals surface area contributed by atoms with E-state index in [2.05, 4.69) is 15.4 Å². The van der Waals surface area contributed by atoms with Gasteiger partial charge < -0.3 is 5.32 Å². The van der Waals surface area contributed by atoms with Gasteiger partial charge in [-0.3, -0.25) is 19.6 Å². The fraction of sp³-hybridized carbons (Fsp3) is 0.312. The van der Waals surface area contributed by atoms with Crippen LogP contribution in [0.4, 0.5) is 5.69 Å². The molecule has 9 heteroatoms. The topological polar surface area (TPSA) is 103 Å². The summed E-state index contributed by atoms with van der Waals surface area (Å²) in [7, 11) is 0. The molecule has 0 radical (unpaired) electrons. The van der Waals surface area contributed by atoms with Gasteiger partial charge in [0.2, 0.25) is 5.91 Å². The van der Waals surface area contributed by atoms with Crippen molar-refractivity contribution in [3.63, 3.8) is 0 Å². The van der Waals surface area contributed by atoms with Crippen LogP contribution in [0.15, 0.2) is 29.8 Å². The van der Waals surface area contributed by atoms with Crippen molar-refractivity contribution in [2.75, 3.05) is 6.54 Å². The van der Waals surface area contributed by atoms with Crippen molar-refractivity contribution in [2.45, 2.75) is 26.3 Å². The largest absolute Gasteiger partial charge is 0.356 e. The zero-order valence-corrected chi connectivity index (χ0v) is 14.5. The van der Waals surface area contributed by atoms with Crippen LogP contribution in [0.1, 0.15) is 17.1 Å². The summed E-state index contributed by atoms with van der Waals surface area (Å²) >= 11 is 1.59. The third-order valence-corrected chi connectivity index (χ3v) is 4.58. The Morgan fingerprint density at radius 3 is 3.00 bits per heavy atom. The van der Waals surface area contributed by atoms with Crippen molar-refractivity contribution in [1.29, 1.82) is 0 Å². The second-order valence-corrected chi connectivity index (χ2v) is 6.64. The molecule has 3 aromatic rings. The van der Waals surface area contributed by atoms with E-state index in [4.69, 9.17) is 0 Å². The van der Waals surface area contributed by atoms with Crippen LogP contribution in [0.25, 0.3) is 10.9 Å². The predicted octanol–water partition coefficient (Wildman–Crippen LogP) is 2.46. The van der Waals surface area contributed by atoms with E-state index in [-0.39, 0.29) is 18.0 Å². The van der Waals surface area contributed by atoms with E-state index in [1.807, 2.05) is 12.3 Å². The van der Waals surface area contributed by atoms with Gasteiger partial charge in [0, 0.05) is 42.3 Å². The van der Waals surface area contributed by atoms with Gasteiger partial charge in [0.25, 0.3) is 5.69 Å². The average molecular weight is 359 g/mol. The molecule has 0 aliphatic rings. The minimum Gasteiger partial charge on any atom is -0.356 e. The van der Waals surface area contributed by atoms with Gasteiger partial charge in [-0.25, -0.2) is 4.98 Å². The van der Waals surface area contributed by atoms with Gasteiger partial charge in [-0.1, -0.05) is 0 Å². The molecule has 0 aliphatic carbocycles. The van der Waals surface area contributed by atoms with E-state index in [9.17, 15) is 14.9 Å². The Balaban J connectivity index is 1.54. The molecule has 130 valence electrons. The summed E-state index contributed by atoms with van der Waals surface area (Å²) in [6, 6.07) is 4.58. The SMILES string of the molecule is Cc1nc(CCNC(=O)CCn2ncc3ccc([N+](=O)[O-])cc32)cs1. The van der Waals surface area contributed by atoms with Gasteiger partial charge >= 0.3 is 0 Å². The van der Waals surface area contributed by atoms with E-state index in [1.54, 1.807) is 28.3 Å². The highest BCUT2D eigenvalue weighted by atomic mass is 32.1. The molecule has 2 heterocycles. The molecular weight excluding hydrogens is 342 g/mol. The number of nitrogens with zero attached hydrogens (tertiary/aromatic N) is 4. The highest BCUT2D eigenvalue weighted by Crippen LogP contribution is 2.20. The molecule has 3 rings (SSSR count). The van der Waals surface area contributed by atoms with Crippen molar-refractivity contribution < 1.29 is 9.72 Å².